The van der Waals surface area contributed by atoms with Crippen LogP contribution in [-0.4, -0.2) is 43.1 Å². The average Bonchev–Trinajstić information content (AvgIpc) is 3.23. The molecule has 0 N–H and O–H groups in total. The van der Waals surface area contributed by atoms with E-state index in [1.807, 2.05) is 6.20 Å². The van der Waals surface area contributed by atoms with E-state index < -0.39 is 0 Å². The van der Waals surface area contributed by atoms with E-state index in [-0.39, 0.29) is 0 Å². The molecule has 146 valence electrons. The molecule has 0 saturated carbocycles. The van der Waals surface area contributed by atoms with Gasteiger partial charge in [0.2, 0.25) is 0 Å². The molecule has 0 radical (unpaired) electrons. The average molecular weight is 387 g/mol. The summed E-state index contributed by atoms with van der Waals surface area (Å²) in [6, 6.07) is 4.45. The SMILES string of the molecule is CCCCn1c(SCc2cn3cccc(C)c3n2)nnc1C(CC)N(C)C. The first kappa shape index (κ1) is 19.9. The van der Waals surface area contributed by atoms with E-state index in [1.165, 1.54) is 5.56 Å². The highest BCUT2D eigenvalue weighted by atomic mass is 32.2. The summed E-state index contributed by atoms with van der Waals surface area (Å²) in [5, 5.41) is 10.1. The molecular weight excluding hydrogens is 356 g/mol. The molecule has 0 aliphatic carbocycles. The van der Waals surface area contributed by atoms with Gasteiger partial charge in [-0.2, -0.15) is 0 Å². The van der Waals surface area contributed by atoms with Gasteiger partial charge in [0, 0.05) is 24.7 Å². The topological polar surface area (TPSA) is 51.3 Å². The van der Waals surface area contributed by atoms with Crippen LogP contribution in [0.5, 0.6) is 0 Å². The maximum Gasteiger partial charge on any atom is 0.191 e. The molecule has 1 unspecified atom stereocenters. The minimum Gasteiger partial charge on any atom is -0.307 e. The normalized spacial score (nSPS) is 13.0. The third-order valence-corrected chi connectivity index (χ3v) is 5.87. The van der Waals surface area contributed by atoms with Gasteiger partial charge in [-0.3, -0.25) is 4.90 Å². The predicted molar refractivity (Wildman–Crippen MR) is 111 cm³/mol. The van der Waals surface area contributed by atoms with Crippen molar-refractivity contribution in [3.8, 4) is 0 Å². The van der Waals surface area contributed by atoms with Crippen LogP contribution >= 0.6 is 11.8 Å². The number of thioether (sulfide) groups is 1. The number of nitrogens with zero attached hydrogens (tertiary/aromatic N) is 6. The lowest BCUT2D eigenvalue weighted by Crippen LogP contribution is -2.23. The quantitative estimate of drug-likeness (QED) is 0.512. The molecule has 0 saturated heterocycles. The smallest absolute Gasteiger partial charge is 0.191 e. The van der Waals surface area contributed by atoms with E-state index in [9.17, 15) is 0 Å². The lowest BCUT2D eigenvalue weighted by Gasteiger charge is -2.23. The van der Waals surface area contributed by atoms with Gasteiger partial charge in [-0.1, -0.05) is 38.1 Å². The van der Waals surface area contributed by atoms with Crippen molar-refractivity contribution >= 4 is 17.4 Å². The fourth-order valence-corrected chi connectivity index (χ4v) is 4.23. The Labute approximate surface area is 166 Å². The van der Waals surface area contributed by atoms with E-state index >= 15 is 0 Å². The Morgan fingerprint density at radius 2 is 2.04 bits per heavy atom. The summed E-state index contributed by atoms with van der Waals surface area (Å²) in [7, 11) is 4.22. The molecule has 0 amide bonds. The Kier molecular flexibility index (Phi) is 6.55. The first-order chi connectivity index (χ1) is 13.0. The number of aryl methyl sites for hydroxylation is 1. The number of fused-ring (bicyclic) bond motifs is 1. The Morgan fingerprint density at radius 1 is 1.22 bits per heavy atom. The van der Waals surface area contributed by atoms with Crippen molar-refractivity contribution in [1.29, 1.82) is 0 Å². The second-order valence-corrected chi connectivity index (χ2v) is 8.12. The van der Waals surface area contributed by atoms with Crippen LogP contribution in [0.4, 0.5) is 0 Å². The van der Waals surface area contributed by atoms with Crippen LogP contribution in [-0.2, 0) is 12.3 Å². The number of imidazole rings is 1. The van der Waals surface area contributed by atoms with Crippen LogP contribution in [0.15, 0.2) is 29.7 Å². The zero-order chi connectivity index (χ0) is 19.4. The molecule has 0 spiro atoms. The molecule has 0 fully saturated rings. The standard InChI is InChI=1S/C20H30N6S/c1-6-8-12-26-19(17(7-2)24(4)5)22-23-20(26)27-14-16-13-25-11-9-10-15(3)18(25)21-16/h9-11,13,17H,6-8,12,14H2,1-5H3. The number of pyridine rings is 1. The van der Waals surface area contributed by atoms with Gasteiger partial charge >= 0.3 is 0 Å². The first-order valence-corrected chi connectivity index (χ1v) is 10.7. The molecule has 3 heterocycles. The van der Waals surface area contributed by atoms with Gasteiger partial charge in [0.15, 0.2) is 11.0 Å². The van der Waals surface area contributed by atoms with Crippen molar-refractivity contribution in [2.24, 2.45) is 0 Å². The fourth-order valence-electron chi connectivity index (χ4n) is 3.37. The predicted octanol–water partition coefficient (Wildman–Crippen LogP) is 4.34. The zero-order valence-corrected chi connectivity index (χ0v) is 17.8. The van der Waals surface area contributed by atoms with Gasteiger partial charge in [-0.05, 0) is 45.5 Å². The van der Waals surface area contributed by atoms with Crippen molar-refractivity contribution in [2.45, 2.75) is 63.5 Å². The summed E-state index contributed by atoms with van der Waals surface area (Å²) in [5.41, 5.74) is 3.29. The molecule has 7 heteroatoms. The summed E-state index contributed by atoms with van der Waals surface area (Å²) in [6.45, 7) is 7.49. The van der Waals surface area contributed by atoms with Crippen LogP contribution in [0, 0.1) is 6.92 Å². The summed E-state index contributed by atoms with van der Waals surface area (Å²) in [5.74, 6) is 1.87. The maximum absolute atomic E-state index is 4.78. The lowest BCUT2D eigenvalue weighted by atomic mass is 10.2. The Hall–Kier alpha value is -1.86. The van der Waals surface area contributed by atoms with Gasteiger partial charge in [-0.15, -0.1) is 10.2 Å². The zero-order valence-electron chi connectivity index (χ0n) is 17.0. The minimum absolute atomic E-state index is 0.293. The maximum atomic E-state index is 4.78. The summed E-state index contributed by atoms with van der Waals surface area (Å²) in [6.07, 6.45) is 7.47. The van der Waals surface area contributed by atoms with Crippen molar-refractivity contribution in [3.05, 3.63) is 41.6 Å². The molecule has 6 nitrogen and oxygen atoms in total. The number of hydrogen-bond acceptors (Lipinski definition) is 5. The van der Waals surface area contributed by atoms with E-state index in [0.29, 0.717) is 6.04 Å². The molecule has 3 rings (SSSR count). The third kappa shape index (κ3) is 4.35. The third-order valence-electron chi connectivity index (χ3n) is 4.87. The highest BCUT2D eigenvalue weighted by Gasteiger charge is 2.22. The molecule has 27 heavy (non-hydrogen) atoms. The molecule has 0 aromatic carbocycles. The van der Waals surface area contributed by atoms with E-state index in [1.54, 1.807) is 11.8 Å². The molecule has 3 aromatic heterocycles. The highest BCUT2D eigenvalue weighted by Crippen LogP contribution is 2.27. The number of rotatable bonds is 9. The van der Waals surface area contributed by atoms with Gasteiger partial charge in [-0.25, -0.2) is 4.98 Å². The Balaban J connectivity index is 1.82. The molecule has 0 aliphatic heterocycles. The van der Waals surface area contributed by atoms with Crippen molar-refractivity contribution in [2.75, 3.05) is 14.1 Å². The van der Waals surface area contributed by atoms with Crippen LogP contribution in [0.2, 0.25) is 0 Å². The Bertz CT molecular complexity index is 882. The van der Waals surface area contributed by atoms with Gasteiger partial charge in [0.1, 0.15) is 5.65 Å². The molecule has 0 aliphatic rings. The summed E-state index contributed by atoms with van der Waals surface area (Å²) < 4.78 is 4.40. The fraction of sp³-hybridized carbons (Fsp3) is 0.550. The highest BCUT2D eigenvalue weighted by molar-refractivity contribution is 7.98. The number of aromatic nitrogens is 5. The van der Waals surface area contributed by atoms with Crippen molar-refractivity contribution < 1.29 is 0 Å². The number of unbranched alkanes of at least 4 members (excludes halogenated alkanes) is 1. The molecule has 3 aromatic rings. The monoisotopic (exact) mass is 386 g/mol. The second kappa shape index (κ2) is 8.89. The molecular formula is C20H30N6S. The molecule has 1 atom stereocenters. The van der Waals surface area contributed by atoms with Gasteiger partial charge in [0.05, 0.1) is 11.7 Å². The van der Waals surface area contributed by atoms with Crippen LogP contribution in [0.1, 0.15) is 56.2 Å². The first-order valence-electron chi connectivity index (χ1n) is 9.70. The largest absolute Gasteiger partial charge is 0.307 e. The van der Waals surface area contributed by atoms with Crippen LogP contribution in [0.3, 0.4) is 0 Å². The molecule has 0 bridgehead atoms. The lowest BCUT2D eigenvalue weighted by molar-refractivity contribution is 0.270. The van der Waals surface area contributed by atoms with Crippen molar-refractivity contribution in [1.82, 2.24) is 29.0 Å². The second-order valence-electron chi connectivity index (χ2n) is 7.18. The van der Waals surface area contributed by atoms with E-state index in [4.69, 9.17) is 4.98 Å². The van der Waals surface area contributed by atoms with Gasteiger partial charge in [0.25, 0.3) is 0 Å². The number of hydrogen-bond donors (Lipinski definition) is 0. The summed E-state index contributed by atoms with van der Waals surface area (Å²) >= 11 is 1.73. The summed E-state index contributed by atoms with van der Waals surface area (Å²) in [4.78, 5) is 7.01. The van der Waals surface area contributed by atoms with Crippen LogP contribution in [0.25, 0.3) is 5.65 Å². The van der Waals surface area contributed by atoms with Crippen LogP contribution < -0.4 is 0 Å². The van der Waals surface area contributed by atoms with E-state index in [0.717, 1.165) is 53.9 Å². The van der Waals surface area contributed by atoms with Crippen molar-refractivity contribution in [3.63, 3.8) is 0 Å². The Morgan fingerprint density at radius 3 is 2.70 bits per heavy atom. The van der Waals surface area contributed by atoms with E-state index in [2.05, 4.69) is 77.3 Å². The minimum atomic E-state index is 0.293. The van der Waals surface area contributed by atoms with Gasteiger partial charge < -0.3 is 8.97 Å².